The Kier molecular flexibility index (Phi) is 7.98. The van der Waals surface area contributed by atoms with Crippen LogP contribution < -0.4 is 14.2 Å². The number of amides is 1. The fourth-order valence-electron chi connectivity index (χ4n) is 2.72. The fourth-order valence-corrected chi connectivity index (χ4v) is 3.76. The molecule has 158 valence electrons. The van der Waals surface area contributed by atoms with Gasteiger partial charge < -0.3 is 14.4 Å². The van der Waals surface area contributed by atoms with E-state index in [0.29, 0.717) is 24.6 Å². The van der Waals surface area contributed by atoms with Crippen LogP contribution in [-0.2, 0) is 21.4 Å². The number of hydrogen-bond donors (Lipinski definition) is 1. The van der Waals surface area contributed by atoms with E-state index in [0.717, 1.165) is 17.7 Å². The number of halogens is 1. The predicted octanol–water partition coefficient (Wildman–Crippen LogP) is 2.56. The van der Waals surface area contributed by atoms with E-state index in [2.05, 4.69) is 4.72 Å². The van der Waals surface area contributed by atoms with Gasteiger partial charge in [-0.1, -0.05) is 6.07 Å². The fraction of sp³-hybridized carbons (Fsp3) is 0.350. The summed E-state index contributed by atoms with van der Waals surface area (Å²) in [7, 11) is -0.711. The third kappa shape index (κ3) is 6.16. The third-order valence-corrected chi connectivity index (χ3v) is 5.79. The lowest BCUT2D eigenvalue weighted by Crippen LogP contribution is -2.34. The van der Waals surface area contributed by atoms with E-state index in [1.54, 1.807) is 24.1 Å². The predicted molar refractivity (Wildman–Crippen MR) is 107 cm³/mol. The lowest BCUT2D eigenvalue weighted by molar-refractivity contribution is -0.131. The van der Waals surface area contributed by atoms with E-state index in [1.807, 2.05) is 13.0 Å². The van der Waals surface area contributed by atoms with Gasteiger partial charge in [0.2, 0.25) is 15.9 Å². The van der Waals surface area contributed by atoms with Crippen LogP contribution in [0.3, 0.4) is 0 Å². The molecule has 0 spiro atoms. The smallest absolute Gasteiger partial charge is 0.240 e. The summed E-state index contributed by atoms with van der Waals surface area (Å²) in [6.07, 6.45) is 0.00154. The van der Waals surface area contributed by atoms with Crippen molar-refractivity contribution in [2.24, 2.45) is 0 Å². The normalized spacial score (nSPS) is 11.2. The minimum Gasteiger partial charge on any atom is -0.493 e. The van der Waals surface area contributed by atoms with E-state index in [9.17, 15) is 17.6 Å². The average Bonchev–Trinajstić information content (AvgIpc) is 2.71. The molecule has 1 amide bonds. The molecule has 9 heteroatoms. The summed E-state index contributed by atoms with van der Waals surface area (Å²) < 4.78 is 50.2. The van der Waals surface area contributed by atoms with Gasteiger partial charge >= 0.3 is 0 Å². The molecule has 0 fully saturated rings. The average molecular weight is 424 g/mol. The molecule has 0 radical (unpaired) electrons. The van der Waals surface area contributed by atoms with Crippen LogP contribution in [-0.4, -0.2) is 46.5 Å². The number of benzene rings is 2. The molecule has 2 aromatic carbocycles. The molecule has 0 aliphatic rings. The molecule has 0 saturated heterocycles. The zero-order valence-electron chi connectivity index (χ0n) is 16.6. The van der Waals surface area contributed by atoms with Crippen molar-refractivity contribution in [3.63, 3.8) is 0 Å². The van der Waals surface area contributed by atoms with Gasteiger partial charge in [0.05, 0.1) is 19.1 Å². The SMILES string of the molecule is CCN(Cc1ccc(OC)c(OC)c1)C(=O)CCNS(=O)(=O)c1ccc(F)cc1. The van der Waals surface area contributed by atoms with Gasteiger partial charge in [0.1, 0.15) is 5.82 Å². The van der Waals surface area contributed by atoms with Gasteiger partial charge in [0, 0.05) is 26.1 Å². The summed E-state index contributed by atoms with van der Waals surface area (Å²) in [5.74, 6) is 0.457. The highest BCUT2D eigenvalue weighted by Gasteiger charge is 2.17. The van der Waals surface area contributed by atoms with Crippen LogP contribution in [0.15, 0.2) is 47.4 Å². The number of sulfonamides is 1. The van der Waals surface area contributed by atoms with Crippen molar-refractivity contribution in [3.05, 3.63) is 53.8 Å². The van der Waals surface area contributed by atoms with Crippen LogP contribution in [0.4, 0.5) is 4.39 Å². The number of rotatable bonds is 10. The zero-order valence-corrected chi connectivity index (χ0v) is 17.5. The first-order chi connectivity index (χ1) is 13.8. The van der Waals surface area contributed by atoms with Crippen molar-refractivity contribution in [1.29, 1.82) is 0 Å². The second kappa shape index (κ2) is 10.2. The molecule has 0 aliphatic heterocycles. The summed E-state index contributed by atoms with van der Waals surface area (Å²) in [4.78, 5) is 14.1. The summed E-state index contributed by atoms with van der Waals surface area (Å²) >= 11 is 0. The maximum Gasteiger partial charge on any atom is 0.240 e. The Morgan fingerprint density at radius 1 is 1.07 bits per heavy atom. The lowest BCUT2D eigenvalue weighted by Gasteiger charge is -2.22. The van der Waals surface area contributed by atoms with Gasteiger partial charge in [-0.25, -0.2) is 17.5 Å². The third-order valence-electron chi connectivity index (χ3n) is 4.31. The van der Waals surface area contributed by atoms with Gasteiger partial charge in [-0.05, 0) is 48.9 Å². The molecule has 0 unspecified atom stereocenters. The number of nitrogens with zero attached hydrogens (tertiary/aromatic N) is 1. The maximum absolute atomic E-state index is 12.9. The molecular formula is C20H25FN2O5S. The summed E-state index contributed by atoms with van der Waals surface area (Å²) in [6, 6.07) is 9.90. The van der Waals surface area contributed by atoms with Crippen LogP contribution >= 0.6 is 0 Å². The topological polar surface area (TPSA) is 84.9 Å². The highest BCUT2D eigenvalue weighted by atomic mass is 32.2. The molecule has 29 heavy (non-hydrogen) atoms. The van der Waals surface area contributed by atoms with Crippen LogP contribution in [0.1, 0.15) is 18.9 Å². The van der Waals surface area contributed by atoms with E-state index in [-0.39, 0.29) is 23.8 Å². The Balaban J connectivity index is 1.95. The Bertz CT molecular complexity index is 932. The standard InChI is InChI=1S/C20H25FN2O5S/c1-4-23(14-15-5-10-18(27-2)19(13-15)28-3)20(24)11-12-22-29(25,26)17-8-6-16(21)7-9-17/h5-10,13,22H,4,11-12,14H2,1-3H3. The van der Waals surface area contributed by atoms with E-state index < -0.39 is 15.8 Å². The zero-order chi connectivity index (χ0) is 21.4. The number of ether oxygens (including phenoxy) is 2. The number of carbonyl (C=O) groups excluding carboxylic acids is 1. The molecule has 2 aromatic rings. The summed E-state index contributed by atoms with van der Waals surface area (Å²) in [6.45, 7) is 2.63. The van der Waals surface area contributed by atoms with Crippen LogP contribution in [0.25, 0.3) is 0 Å². The van der Waals surface area contributed by atoms with Crippen molar-refractivity contribution in [2.45, 2.75) is 24.8 Å². The number of methoxy groups -OCH3 is 2. The van der Waals surface area contributed by atoms with E-state index in [4.69, 9.17) is 9.47 Å². The Hall–Kier alpha value is -2.65. The second-order valence-electron chi connectivity index (χ2n) is 6.20. The molecule has 2 rings (SSSR count). The van der Waals surface area contributed by atoms with Crippen molar-refractivity contribution in [1.82, 2.24) is 9.62 Å². The molecule has 0 aliphatic carbocycles. The molecule has 0 atom stereocenters. The molecule has 7 nitrogen and oxygen atoms in total. The Morgan fingerprint density at radius 3 is 2.31 bits per heavy atom. The first-order valence-electron chi connectivity index (χ1n) is 9.04. The highest BCUT2D eigenvalue weighted by molar-refractivity contribution is 7.89. The minimum atomic E-state index is -3.80. The highest BCUT2D eigenvalue weighted by Crippen LogP contribution is 2.28. The molecule has 0 heterocycles. The summed E-state index contributed by atoms with van der Waals surface area (Å²) in [5, 5.41) is 0. The van der Waals surface area contributed by atoms with Crippen molar-refractivity contribution < 1.29 is 27.1 Å². The van der Waals surface area contributed by atoms with Gasteiger partial charge in [0.25, 0.3) is 0 Å². The molecule has 1 N–H and O–H groups in total. The summed E-state index contributed by atoms with van der Waals surface area (Å²) in [5.41, 5.74) is 0.866. The van der Waals surface area contributed by atoms with Crippen LogP contribution in [0.5, 0.6) is 11.5 Å². The molecule has 0 bridgehead atoms. The van der Waals surface area contributed by atoms with Crippen molar-refractivity contribution >= 4 is 15.9 Å². The minimum absolute atomic E-state index is 0.00154. The van der Waals surface area contributed by atoms with E-state index >= 15 is 0 Å². The first-order valence-corrected chi connectivity index (χ1v) is 10.5. The van der Waals surface area contributed by atoms with Gasteiger partial charge in [-0.2, -0.15) is 0 Å². The molecule has 0 saturated carbocycles. The molecular weight excluding hydrogens is 399 g/mol. The Morgan fingerprint density at radius 2 is 1.72 bits per heavy atom. The lowest BCUT2D eigenvalue weighted by atomic mass is 10.1. The van der Waals surface area contributed by atoms with Crippen molar-refractivity contribution in [3.8, 4) is 11.5 Å². The monoisotopic (exact) mass is 424 g/mol. The first kappa shape index (κ1) is 22.6. The van der Waals surface area contributed by atoms with Crippen molar-refractivity contribution in [2.75, 3.05) is 27.3 Å². The molecule has 0 aromatic heterocycles. The van der Waals surface area contributed by atoms with Gasteiger partial charge in [-0.15, -0.1) is 0 Å². The second-order valence-corrected chi connectivity index (χ2v) is 7.97. The van der Waals surface area contributed by atoms with Gasteiger partial charge in [0.15, 0.2) is 11.5 Å². The quantitative estimate of drug-likeness (QED) is 0.634. The number of carbonyl (C=O) groups is 1. The number of nitrogens with one attached hydrogen (secondary N) is 1. The van der Waals surface area contributed by atoms with Crippen LogP contribution in [0.2, 0.25) is 0 Å². The van der Waals surface area contributed by atoms with Crippen LogP contribution in [0, 0.1) is 5.82 Å². The number of hydrogen-bond acceptors (Lipinski definition) is 5. The maximum atomic E-state index is 12.9. The largest absolute Gasteiger partial charge is 0.493 e. The van der Waals surface area contributed by atoms with E-state index in [1.165, 1.54) is 19.2 Å². The Labute approximate surface area is 170 Å². The van der Waals surface area contributed by atoms with Gasteiger partial charge in [-0.3, -0.25) is 4.79 Å².